The average molecular weight is 303 g/mol. The van der Waals surface area contributed by atoms with Gasteiger partial charge in [0.1, 0.15) is 0 Å². The standard InChI is InChI=1S/C18H29N3O/c1-16(2)14-19-9-8-18(22)21-12-10-20(11-13-21)15-17-6-4-3-5-7-17/h3-7,16,19H,8-15H2,1-2H3. The Labute approximate surface area is 134 Å². The monoisotopic (exact) mass is 303 g/mol. The van der Waals surface area contributed by atoms with Crippen molar-refractivity contribution >= 4 is 5.91 Å². The second-order valence-electron chi connectivity index (χ2n) is 6.49. The maximum Gasteiger partial charge on any atom is 0.223 e. The smallest absolute Gasteiger partial charge is 0.223 e. The number of rotatable bonds is 7. The maximum absolute atomic E-state index is 12.2. The van der Waals surface area contributed by atoms with E-state index in [0.717, 1.165) is 45.8 Å². The van der Waals surface area contributed by atoms with E-state index in [2.05, 4.69) is 48.3 Å². The lowest BCUT2D eigenvalue weighted by Gasteiger charge is -2.34. The maximum atomic E-state index is 12.2. The molecule has 0 saturated carbocycles. The predicted octanol–water partition coefficient (Wildman–Crippen LogP) is 1.97. The number of benzene rings is 1. The zero-order valence-corrected chi connectivity index (χ0v) is 13.9. The topological polar surface area (TPSA) is 35.6 Å². The summed E-state index contributed by atoms with van der Waals surface area (Å²) in [5.41, 5.74) is 1.35. The molecule has 1 N–H and O–H groups in total. The molecule has 1 aliphatic heterocycles. The molecule has 1 saturated heterocycles. The van der Waals surface area contributed by atoms with Crippen LogP contribution in [-0.4, -0.2) is 55.0 Å². The van der Waals surface area contributed by atoms with E-state index in [1.54, 1.807) is 0 Å². The zero-order valence-electron chi connectivity index (χ0n) is 13.9. The van der Waals surface area contributed by atoms with E-state index >= 15 is 0 Å². The molecular formula is C18H29N3O. The minimum atomic E-state index is 0.288. The lowest BCUT2D eigenvalue weighted by molar-refractivity contribution is -0.132. The first kappa shape index (κ1) is 17.0. The average Bonchev–Trinajstić information content (AvgIpc) is 2.53. The Balaban J connectivity index is 1.65. The fraction of sp³-hybridized carbons (Fsp3) is 0.611. The Kier molecular flexibility index (Phi) is 6.87. The lowest BCUT2D eigenvalue weighted by Crippen LogP contribution is -2.48. The van der Waals surface area contributed by atoms with E-state index < -0.39 is 0 Å². The summed E-state index contributed by atoms with van der Waals surface area (Å²) in [6, 6.07) is 10.5. The van der Waals surface area contributed by atoms with Crippen LogP contribution in [0.25, 0.3) is 0 Å². The third-order valence-electron chi connectivity index (χ3n) is 4.04. The number of piperazine rings is 1. The number of nitrogens with zero attached hydrogens (tertiary/aromatic N) is 2. The summed E-state index contributed by atoms with van der Waals surface area (Å²) in [6.45, 7) is 10.8. The molecule has 1 fully saturated rings. The molecule has 122 valence electrons. The SMILES string of the molecule is CC(C)CNCCC(=O)N1CCN(Cc2ccccc2)CC1. The number of carbonyl (C=O) groups is 1. The van der Waals surface area contributed by atoms with E-state index in [1.165, 1.54) is 5.56 Å². The van der Waals surface area contributed by atoms with Gasteiger partial charge in [-0.2, -0.15) is 0 Å². The van der Waals surface area contributed by atoms with Crippen molar-refractivity contribution in [3.8, 4) is 0 Å². The van der Waals surface area contributed by atoms with Crippen LogP contribution in [0.3, 0.4) is 0 Å². The number of carbonyl (C=O) groups excluding carboxylic acids is 1. The van der Waals surface area contributed by atoms with Crippen molar-refractivity contribution in [2.45, 2.75) is 26.8 Å². The van der Waals surface area contributed by atoms with Crippen molar-refractivity contribution in [1.82, 2.24) is 15.1 Å². The highest BCUT2D eigenvalue weighted by Crippen LogP contribution is 2.09. The Morgan fingerprint density at radius 3 is 2.45 bits per heavy atom. The fourth-order valence-corrected chi connectivity index (χ4v) is 2.74. The minimum Gasteiger partial charge on any atom is -0.340 e. The predicted molar refractivity (Wildman–Crippen MR) is 90.6 cm³/mol. The van der Waals surface area contributed by atoms with Crippen LogP contribution >= 0.6 is 0 Å². The second-order valence-corrected chi connectivity index (χ2v) is 6.49. The molecule has 0 radical (unpaired) electrons. The number of amides is 1. The first-order valence-corrected chi connectivity index (χ1v) is 8.40. The van der Waals surface area contributed by atoms with E-state index in [1.807, 2.05) is 11.0 Å². The van der Waals surface area contributed by atoms with E-state index in [-0.39, 0.29) is 5.91 Å². The van der Waals surface area contributed by atoms with Crippen LogP contribution in [-0.2, 0) is 11.3 Å². The molecule has 1 amide bonds. The Morgan fingerprint density at radius 2 is 1.82 bits per heavy atom. The van der Waals surface area contributed by atoms with E-state index in [4.69, 9.17) is 0 Å². The van der Waals surface area contributed by atoms with Gasteiger partial charge in [-0.3, -0.25) is 9.69 Å². The fourth-order valence-electron chi connectivity index (χ4n) is 2.74. The second kappa shape index (κ2) is 8.91. The molecule has 1 aromatic rings. The van der Waals surface area contributed by atoms with Gasteiger partial charge in [-0.25, -0.2) is 0 Å². The summed E-state index contributed by atoms with van der Waals surface area (Å²) in [5.74, 6) is 0.923. The molecule has 0 aliphatic carbocycles. The summed E-state index contributed by atoms with van der Waals surface area (Å²) in [7, 11) is 0. The molecule has 4 nitrogen and oxygen atoms in total. The molecule has 0 atom stereocenters. The highest BCUT2D eigenvalue weighted by molar-refractivity contribution is 5.76. The van der Waals surface area contributed by atoms with Crippen molar-refractivity contribution in [1.29, 1.82) is 0 Å². The molecule has 1 aromatic carbocycles. The normalized spacial score (nSPS) is 16.2. The quantitative estimate of drug-likeness (QED) is 0.782. The third kappa shape index (κ3) is 5.78. The molecule has 2 rings (SSSR count). The van der Waals surface area contributed by atoms with Gasteiger partial charge in [0.2, 0.25) is 5.91 Å². The van der Waals surface area contributed by atoms with Gasteiger partial charge in [0.25, 0.3) is 0 Å². The van der Waals surface area contributed by atoms with Crippen molar-refractivity contribution in [2.75, 3.05) is 39.3 Å². The van der Waals surface area contributed by atoms with Crippen LogP contribution in [0.2, 0.25) is 0 Å². The summed E-state index contributed by atoms with van der Waals surface area (Å²) >= 11 is 0. The molecule has 4 heteroatoms. The van der Waals surface area contributed by atoms with E-state index in [0.29, 0.717) is 12.3 Å². The summed E-state index contributed by atoms with van der Waals surface area (Å²) in [4.78, 5) is 16.6. The molecule has 0 unspecified atom stereocenters. The zero-order chi connectivity index (χ0) is 15.8. The van der Waals surface area contributed by atoms with Crippen LogP contribution < -0.4 is 5.32 Å². The van der Waals surface area contributed by atoms with Gasteiger partial charge in [0, 0.05) is 45.7 Å². The minimum absolute atomic E-state index is 0.288. The van der Waals surface area contributed by atoms with E-state index in [9.17, 15) is 4.79 Å². The number of hydrogen-bond donors (Lipinski definition) is 1. The van der Waals surface area contributed by atoms with Crippen molar-refractivity contribution in [3.05, 3.63) is 35.9 Å². The van der Waals surface area contributed by atoms with Crippen LogP contribution in [0.4, 0.5) is 0 Å². The van der Waals surface area contributed by atoms with Crippen molar-refractivity contribution in [2.24, 2.45) is 5.92 Å². The van der Waals surface area contributed by atoms with Gasteiger partial charge in [-0.15, -0.1) is 0 Å². The third-order valence-corrected chi connectivity index (χ3v) is 4.04. The number of hydrogen-bond acceptors (Lipinski definition) is 3. The van der Waals surface area contributed by atoms with Gasteiger partial charge < -0.3 is 10.2 Å². The molecule has 0 spiro atoms. The van der Waals surface area contributed by atoms with Crippen LogP contribution in [0.1, 0.15) is 25.8 Å². The summed E-state index contributed by atoms with van der Waals surface area (Å²) < 4.78 is 0. The van der Waals surface area contributed by atoms with Crippen LogP contribution in [0, 0.1) is 5.92 Å². The molecule has 1 heterocycles. The molecule has 0 aromatic heterocycles. The first-order chi connectivity index (χ1) is 10.6. The van der Waals surface area contributed by atoms with Crippen molar-refractivity contribution < 1.29 is 4.79 Å². The van der Waals surface area contributed by atoms with Crippen LogP contribution in [0.15, 0.2) is 30.3 Å². The van der Waals surface area contributed by atoms with Gasteiger partial charge in [0.05, 0.1) is 0 Å². The summed E-state index contributed by atoms with van der Waals surface area (Å²) in [5, 5.41) is 3.34. The lowest BCUT2D eigenvalue weighted by atomic mass is 10.2. The highest BCUT2D eigenvalue weighted by Gasteiger charge is 2.20. The van der Waals surface area contributed by atoms with Gasteiger partial charge in [0.15, 0.2) is 0 Å². The first-order valence-electron chi connectivity index (χ1n) is 8.40. The largest absolute Gasteiger partial charge is 0.340 e. The molecule has 1 aliphatic rings. The van der Waals surface area contributed by atoms with Gasteiger partial charge in [-0.1, -0.05) is 44.2 Å². The summed E-state index contributed by atoms with van der Waals surface area (Å²) in [6.07, 6.45) is 0.616. The Hall–Kier alpha value is -1.39. The van der Waals surface area contributed by atoms with Gasteiger partial charge >= 0.3 is 0 Å². The molecule has 22 heavy (non-hydrogen) atoms. The van der Waals surface area contributed by atoms with Crippen molar-refractivity contribution in [3.63, 3.8) is 0 Å². The number of nitrogens with one attached hydrogen (secondary N) is 1. The molecular weight excluding hydrogens is 274 g/mol. The highest BCUT2D eigenvalue weighted by atomic mass is 16.2. The van der Waals surface area contributed by atoms with Crippen LogP contribution in [0.5, 0.6) is 0 Å². The Morgan fingerprint density at radius 1 is 1.14 bits per heavy atom. The van der Waals surface area contributed by atoms with Gasteiger partial charge in [-0.05, 0) is 18.0 Å². The Bertz CT molecular complexity index is 439. The molecule has 0 bridgehead atoms.